The van der Waals surface area contributed by atoms with Gasteiger partial charge in [0.2, 0.25) is 11.0 Å². The van der Waals surface area contributed by atoms with Gasteiger partial charge in [-0.05, 0) is 25.1 Å². The van der Waals surface area contributed by atoms with E-state index < -0.39 is 23.6 Å². The van der Waals surface area contributed by atoms with Crippen molar-refractivity contribution >= 4 is 57.3 Å². The summed E-state index contributed by atoms with van der Waals surface area (Å²) in [5.74, 6) is -1.13. The molecule has 0 saturated carbocycles. The minimum absolute atomic E-state index is 0.149. The van der Waals surface area contributed by atoms with Crippen molar-refractivity contribution in [3.8, 4) is 11.3 Å². The quantitative estimate of drug-likeness (QED) is 0.208. The van der Waals surface area contributed by atoms with Crippen LogP contribution in [0.5, 0.6) is 0 Å². The van der Waals surface area contributed by atoms with Gasteiger partial charge in [-0.2, -0.15) is 13.2 Å². The Morgan fingerprint density at radius 2 is 1.81 bits per heavy atom. The number of amides is 2. The van der Waals surface area contributed by atoms with Gasteiger partial charge in [-0.1, -0.05) is 70.2 Å². The number of nitrogens with one attached hydrogen (secondary N) is 2. The number of anilines is 2. The van der Waals surface area contributed by atoms with Crippen LogP contribution in [0.1, 0.15) is 21.7 Å². The summed E-state index contributed by atoms with van der Waals surface area (Å²) in [6.45, 7) is 1.58. The molecule has 14 heteroatoms. The zero-order valence-electron chi connectivity index (χ0n) is 18.2. The molecule has 186 valence electrons. The van der Waals surface area contributed by atoms with Crippen molar-refractivity contribution in [3.05, 3.63) is 70.4 Å². The molecule has 4 rings (SSSR count). The number of thioether (sulfide) groups is 1. The molecule has 0 aliphatic heterocycles. The lowest BCUT2D eigenvalue weighted by Crippen LogP contribution is -2.18. The molecular weight excluding hydrogens is 539 g/mol. The summed E-state index contributed by atoms with van der Waals surface area (Å²) in [4.78, 5) is 25.1. The number of nitrogens with zero attached hydrogens (tertiary/aromatic N) is 3. The van der Waals surface area contributed by atoms with Crippen LogP contribution in [0.2, 0.25) is 5.02 Å². The third-order valence-corrected chi connectivity index (χ3v) is 6.98. The number of hydrogen-bond acceptors (Lipinski definition) is 8. The van der Waals surface area contributed by atoms with E-state index in [-0.39, 0.29) is 33.6 Å². The van der Waals surface area contributed by atoms with Gasteiger partial charge in [-0.15, -0.1) is 10.2 Å². The normalized spacial score (nSPS) is 11.4. The number of aromatic nitrogens is 3. The summed E-state index contributed by atoms with van der Waals surface area (Å²) in [5, 5.41) is 17.1. The highest BCUT2D eigenvalue weighted by atomic mass is 35.5. The van der Waals surface area contributed by atoms with Crippen LogP contribution in [-0.4, -0.2) is 32.9 Å². The standard InChI is InChI=1S/C22H15ClF3N5O3S2/c1-11-17(18(31-34-11)12-6-2-4-8-14(12)23)19(33)28-20-29-30-21(36-20)35-10-16(32)27-15-9-5-3-7-13(15)22(24,25)26/h2-9H,10H2,1H3,(H,27,32)(H,28,29,33). The zero-order chi connectivity index (χ0) is 25.9. The fourth-order valence-corrected chi connectivity index (χ4v) is 4.88. The molecule has 0 unspecified atom stereocenters. The number of carbonyl (C=O) groups excluding carboxylic acids is 2. The van der Waals surface area contributed by atoms with Gasteiger partial charge >= 0.3 is 6.18 Å². The number of halogens is 4. The van der Waals surface area contributed by atoms with Gasteiger partial charge in [0.25, 0.3) is 5.91 Å². The number of para-hydroxylation sites is 1. The summed E-state index contributed by atoms with van der Waals surface area (Å²) >= 11 is 8.19. The Bertz CT molecular complexity index is 1420. The number of rotatable bonds is 7. The molecule has 8 nitrogen and oxygen atoms in total. The zero-order valence-corrected chi connectivity index (χ0v) is 20.6. The van der Waals surface area contributed by atoms with Gasteiger partial charge in [0, 0.05) is 5.56 Å². The second-order valence-corrected chi connectivity index (χ2v) is 9.76. The first-order valence-corrected chi connectivity index (χ1v) is 12.3. The number of hydrogen-bond donors (Lipinski definition) is 2. The Kier molecular flexibility index (Phi) is 7.62. The van der Waals surface area contributed by atoms with Crippen LogP contribution in [0.25, 0.3) is 11.3 Å². The summed E-state index contributed by atoms with van der Waals surface area (Å²) in [6.07, 6.45) is -4.60. The van der Waals surface area contributed by atoms with Crippen LogP contribution in [0.15, 0.2) is 57.4 Å². The minimum atomic E-state index is -4.60. The van der Waals surface area contributed by atoms with E-state index in [4.69, 9.17) is 16.1 Å². The Morgan fingerprint density at radius 3 is 2.56 bits per heavy atom. The van der Waals surface area contributed by atoms with E-state index in [9.17, 15) is 22.8 Å². The van der Waals surface area contributed by atoms with Gasteiger partial charge in [0.1, 0.15) is 17.0 Å². The molecule has 0 saturated heterocycles. The highest BCUT2D eigenvalue weighted by Crippen LogP contribution is 2.35. The van der Waals surface area contributed by atoms with Gasteiger partial charge in [0.15, 0.2) is 4.34 Å². The van der Waals surface area contributed by atoms with E-state index in [0.717, 1.165) is 29.2 Å². The molecule has 0 spiro atoms. The molecular formula is C22H15ClF3N5O3S2. The summed E-state index contributed by atoms with van der Waals surface area (Å²) < 4.78 is 44.8. The largest absolute Gasteiger partial charge is 0.418 e. The SMILES string of the molecule is Cc1onc(-c2ccccc2Cl)c1C(=O)Nc1nnc(SCC(=O)Nc2ccccc2C(F)(F)F)s1. The maximum absolute atomic E-state index is 13.1. The molecule has 0 fully saturated rings. The molecule has 2 aromatic carbocycles. The number of alkyl halides is 3. The maximum Gasteiger partial charge on any atom is 0.418 e. The van der Waals surface area contributed by atoms with Crippen molar-refractivity contribution in [2.24, 2.45) is 0 Å². The molecule has 2 aromatic heterocycles. The van der Waals surface area contributed by atoms with E-state index in [2.05, 4.69) is 26.0 Å². The predicted octanol–water partition coefficient (Wildman–Crippen LogP) is 6.16. The maximum atomic E-state index is 13.1. The lowest BCUT2D eigenvalue weighted by atomic mass is 10.1. The monoisotopic (exact) mass is 553 g/mol. The fraction of sp³-hybridized carbons (Fsp3) is 0.136. The van der Waals surface area contributed by atoms with Crippen LogP contribution in [0.3, 0.4) is 0 Å². The molecule has 2 heterocycles. The highest BCUT2D eigenvalue weighted by molar-refractivity contribution is 8.01. The summed E-state index contributed by atoms with van der Waals surface area (Å²) in [5.41, 5.74) is -0.308. The van der Waals surface area contributed by atoms with Crippen LogP contribution in [0.4, 0.5) is 24.0 Å². The number of benzene rings is 2. The first-order valence-electron chi connectivity index (χ1n) is 10.1. The Hall–Kier alpha value is -3.42. The van der Waals surface area contributed by atoms with Crippen molar-refractivity contribution in [1.29, 1.82) is 0 Å². The van der Waals surface area contributed by atoms with Crippen molar-refractivity contribution in [1.82, 2.24) is 15.4 Å². The Balaban J connectivity index is 1.39. The average molecular weight is 554 g/mol. The number of carbonyl (C=O) groups is 2. The molecule has 2 N–H and O–H groups in total. The van der Waals surface area contributed by atoms with Crippen LogP contribution < -0.4 is 10.6 Å². The molecule has 2 amide bonds. The molecule has 0 aliphatic carbocycles. The van der Waals surface area contributed by atoms with Gasteiger partial charge < -0.3 is 9.84 Å². The topological polar surface area (TPSA) is 110 Å². The second-order valence-electron chi connectivity index (χ2n) is 7.15. The summed E-state index contributed by atoms with van der Waals surface area (Å²) in [6, 6.07) is 11.6. The first kappa shape index (κ1) is 25.7. The molecule has 36 heavy (non-hydrogen) atoms. The van der Waals surface area contributed by atoms with Crippen LogP contribution in [0, 0.1) is 6.92 Å². The lowest BCUT2D eigenvalue weighted by Gasteiger charge is -2.13. The highest BCUT2D eigenvalue weighted by Gasteiger charge is 2.33. The Morgan fingerprint density at radius 1 is 1.08 bits per heavy atom. The predicted molar refractivity (Wildman–Crippen MR) is 130 cm³/mol. The average Bonchev–Trinajstić information content (AvgIpc) is 3.43. The van der Waals surface area contributed by atoms with Crippen molar-refractivity contribution < 1.29 is 27.3 Å². The van der Waals surface area contributed by atoms with E-state index >= 15 is 0 Å². The number of aryl methyl sites for hydroxylation is 1. The summed E-state index contributed by atoms with van der Waals surface area (Å²) in [7, 11) is 0. The molecule has 0 atom stereocenters. The molecule has 0 radical (unpaired) electrons. The van der Waals surface area contributed by atoms with Gasteiger partial charge in [-0.3, -0.25) is 14.9 Å². The third-order valence-electron chi connectivity index (χ3n) is 4.68. The van der Waals surface area contributed by atoms with E-state index in [1.54, 1.807) is 31.2 Å². The van der Waals surface area contributed by atoms with Crippen molar-refractivity contribution in [2.45, 2.75) is 17.4 Å². The van der Waals surface area contributed by atoms with E-state index in [1.165, 1.54) is 18.2 Å². The molecule has 0 bridgehead atoms. The van der Waals surface area contributed by atoms with Crippen molar-refractivity contribution in [3.63, 3.8) is 0 Å². The smallest absolute Gasteiger partial charge is 0.360 e. The minimum Gasteiger partial charge on any atom is -0.360 e. The second kappa shape index (κ2) is 10.7. The van der Waals surface area contributed by atoms with Gasteiger partial charge in [0.05, 0.1) is 22.0 Å². The lowest BCUT2D eigenvalue weighted by molar-refractivity contribution is -0.137. The van der Waals surface area contributed by atoms with Gasteiger partial charge in [-0.25, -0.2) is 0 Å². The molecule has 4 aromatic rings. The first-order chi connectivity index (χ1) is 17.1. The Labute approximate surface area is 215 Å². The van der Waals surface area contributed by atoms with Crippen LogP contribution in [-0.2, 0) is 11.0 Å². The van der Waals surface area contributed by atoms with E-state index in [1.807, 2.05) is 0 Å². The van der Waals surface area contributed by atoms with Crippen LogP contribution >= 0.6 is 34.7 Å². The molecule has 0 aliphatic rings. The fourth-order valence-electron chi connectivity index (χ4n) is 3.11. The van der Waals surface area contributed by atoms with E-state index in [0.29, 0.717) is 14.9 Å². The third kappa shape index (κ3) is 5.86. The van der Waals surface area contributed by atoms with Crippen molar-refractivity contribution in [2.75, 3.05) is 16.4 Å².